The first-order chi connectivity index (χ1) is 9.06. The third-order valence-electron chi connectivity index (χ3n) is 2.97. The van der Waals surface area contributed by atoms with Crippen LogP contribution in [0.3, 0.4) is 0 Å². The molecule has 2 rings (SSSR count). The Labute approximate surface area is 121 Å². The number of rotatable bonds is 2. The van der Waals surface area contributed by atoms with E-state index in [0.717, 1.165) is 12.0 Å². The topological polar surface area (TPSA) is 49.4 Å². The van der Waals surface area contributed by atoms with Gasteiger partial charge in [-0.05, 0) is 24.1 Å². The Morgan fingerprint density at radius 2 is 2.16 bits per heavy atom. The number of benzene rings is 1. The Morgan fingerprint density at radius 3 is 2.89 bits per heavy atom. The average molecular weight is 301 g/mol. The summed E-state index contributed by atoms with van der Waals surface area (Å²) in [4.78, 5) is 25.1. The molecule has 1 fully saturated rings. The Bertz CT molecular complexity index is 505. The first-order valence-electron chi connectivity index (χ1n) is 6.04. The minimum atomic E-state index is -0.118. The summed E-state index contributed by atoms with van der Waals surface area (Å²) in [7, 11) is 0. The fourth-order valence-corrected chi connectivity index (χ4v) is 2.43. The molecular weight excluding hydrogens is 287 g/mol. The summed E-state index contributed by atoms with van der Waals surface area (Å²) in [6.45, 7) is 1.32. The fourth-order valence-electron chi connectivity index (χ4n) is 1.96. The van der Waals surface area contributed by atoms with Gasteiger partial charge in [0, 0.05) is 23.1 Å². The van der Waals surface area contributed by atoms with Gasteiger partial charge in [-0.3, -0.25) is 9.59 Å². The fraction of sp³-hybridized carbons (Fsp3) is 0.385. The van der Waals surface area contributed by atoms with Gasteiger partial charge in [-0.1, -0.05) is 29.3 Å². The molecule has 0 radical (unpaired) electrons. The summed E-state index contributed by atoms with van der Waals surface area (Å²) >= 11 is 11.8. The summed E-state index contributed by atoms with van der Waals surface area (Å²) in [6.07, 6.45) is 0.953. The second kappa shape index (κ2) is 6.26. The number of nitrogens with one attached hydrogen (secondary N) is 1. The van der Waals surface area contributed by atoms with Crippen LogP contribution in [0.4, 0.5) is 0 Å². The SMILES string of the molecule is O=C1CN(C(=O)Cc2ccc(Cl)cc2Cl)CCCN1. The molecule has 1 heterocycles. The Hall–Kier alpha value is -1.26. The molecule has 0 bridgehead atoms. The van der Waals surface area contributed by atoms with Crippen molar-refractivity contribution < 1.29 is 9.59 Å². The van der Waals surface area contributed by atoms with Gasteiger partial charge in [0.1, 0.15) is 0 Å². The van der Waals surface area contributed by atoms with E-state index in [1.54, 1.807) is 23.1 Å². The summed E-state index contributed by atoms with van der Waals surface area (Å²) in [5.74, 6) is -0.214. The molecule has 4 nitrogen and oxygen atoms in total. The van der Waals surface area contributed by atoms with E-state index >= 15 is 0 Å². The molecule has 6 heteroatoms. The molecule has 1 aliphatic rings. The minimum Gasteiger partial charge on any atom is -0.354 e. The van der Waals surface area contributed by atoms with Gasteiger partial charge in [-0.25, -0.2) is 0 Å². The van der Waals surface area contributed by atoms with Gasteiger partial charge in [0.05, 0.1) is 13.0 Å². The van der Waals surface area contributed by atoms with Crippen molar-refractivity contribution in [2.45, 2.75) is 12.8 Å². The number of hydrogen-bond acceptors (Lipinski definition) is 2. The van der Waals surface area contributed by atoms with Crippen molar-refractivity contribution in [3.05, 3.63) is 33.8 Å². The Morgan fingerprint density at radius 1 is 1.37 bits per heavy atom. The molecule has 0 unspecified atom stereocenters. The quantitative estimate of drug-likeness (QED) is 0.907. The minimum absolute atomic E-state index is 0.0960. The summed E-state index contributed by atoms with van der Waals surface area (Å²) < 4.78 is 0. The van der Waals surface area contributed by atoms with Crippen molar-refractivity contribution in [3.8, 4) is 0 Å². The highest BCUT2D eigenvalue weighted by atomic mass is 35.5. The van der Waals surface area contributed by atoms with Crippen LogP contribution in [-0.2, 0) is 16.0 Å². The van der Waals surface area contributed by atoms with Gasteiger partial charge in [0.25, 0.3) is 0 Å². The van der Waals surface area contributed by atoms with Crippen LogP contribution in [0, 0.1) is 0 Å². The number of carbonyl (C=O) groups excluding carboxylic acids is 2. The molecular formula is C13H14Cl2N2O2. The predicted molar refractivity (Wildman–Crippen MR) is 74.4 cm³/mol. The average Bonchev–Trinajstić information content (AvgIpc) is 2.57. The van der Waals surface area contributed by atoms with Crippen LogP contribution in [0.25, 0.3) is 0 Å². The molecule has 1 N–H and O–H groups in total. The number of amides is 2. The van der Waals surface area contributed by atoms with Crippen molar-refractivity contribution in [1.29, 1.82) is 0 Å². The first kappa shape index (κ1) is 14.2. The summed E-state index contributed by atoms with van der Waals surface area (Å²) in [5.41, 5.74) is 0.723. The standard InChI is InChI=1S/C13H14Cl2N2O2/c14-10-3-2-9(11(15)7-10)6-13(19)17-5-1-4-16-12(18)8-17/h2-3,7H,1,4-6,8H2,(H,16,18). The van der Waals surface area contributed by atoms with Crippen LogP contribution in [0.1, 0.15) is 12.0 Å². The van der Waals surface area contributed by atoms with E-state index in [0.29, 0.717) is 23.1 Å². The van der Waals surface area contributed by atoms with E-state index in [2.05, 4.69) is 5.32 Å². The van der Waals surface area contributed by atoms with Gasteiger partial charge >= 0.3 is 0 Å². The lowest BCUT2D eigenvalue weighted by Gasteiger charge is -2.19. The van der Waals surface area contributed by atoms with Crippen molar-refractivity contribution in [3.63, 3.8) is 0 Å². The van der Waals surface area contributed by atoms with Gasteiger partial charge in [0.15, 0.2) is 0 Å². The van der Waals surface area contributed by atoms with Crippen LogP contribution in [-0.4, -0.2) is 36.3 Å². The highest BCUT2D eigenvalue weighted by molar-refractivity contribution is 6.35. The largest absolute Gasteiger partial charge is 0.354 e. The monoisotopic (exact) mass is 300 g/mol. The lowest BCUT2D eigenvalue weighted by molar-refractivity contribution is -0.134. The second-order valence-electron chi connectivity index (χ2n) is 4.43. The zero-order chi connectivity index (χ0) is 13.8. The van der Waals surface area contributed by atoms with Crippen molar-refractivity contribution >= 4 is 35.0 Å². The van der Waals surface area contributed by atoms with Gasteiger partial charge in [-0.2, -0.15) is 0 Å². The van der Waals surface area contributed by atoms with E-state index in [9.17, 15) is 9.59 Å². The molecule has 0 atom stereocenters. The highest BCUT2D eigenvalue weighted by Gasteiger charge is 2.20. The van der Waals surface area contributed by atoms with Crippen LogP contribution < -0.4 is 5.32 Å². The van der Waals surface area contributed by atoms with Crippen LogP contribution in [0.2, 0.25) is 10.0 Å². The van der Waals surface area contributed by atoms with Crippen molar-refractivity contribution in [1.82, 2.24) is 10.2 Å². The normalized spacial score (nSPS) is 15.9. The summed E-state index contributed by atoms with van der Waals surface area (Å²) in [5, 5.41) is 3.75. The molecule has 0 saturated carbocycles. The van der Waals surface area contributed by atoms with Crippen LogP contribution >= 0.6 is 23.2 Å². The first-order valence-corrected chi connectivity index (χ1v) is 6.80. The van der Waals surface area contributed by atoms with E-state index in [1.807, 2.05) is 0 Å². The molecule has 19 heavy (non-hydrogen) atoms. The molecule has 0 aliphatic carbocycles. The number of hydrogen-bond donors (Lipinski definition) is 1. The number of halogens is 2. The molecule has 2 amide bonds. The molecule has 0 aromatic heterocycles. The molecule has 0 spiro atoms. The zero-order valence-corrected chi connectivity index (χ0v) is 11.8. The Balaban J connectivity index is 2.05. The predicted octanol–water partition coefficient (Wildman–Crippen LogP) is 1.88. The maximum atomic E-state index is 12.2. The van der Waals surface area contributed by atoms with Gasteiger partial charge in [0.2, 0.25) is 11.8 Å². The van der Waals surface area contributed by atoms with E-state index in [4.69, 9.17) is 23.2 Å². The smallest absolute Gasteiger partial charge is 0.239 e. The molecule has 102 valence electrons. The molecule has 1 aromatic carbocycles. The van der Waals surface area contributed by atoms with E-state index in [-0.39, 0.29) is 24.8 Å². The lowest BCUT2D eigenvalue weighted by atomic mass is 10.1. The van der Waals surface area contributed by atoms with Gasteiger partial charge in [-0.15, -0.1) is 0 Å². The molecule has 1 aliphatic heterocycles. The molecule has 1 aromatic rings. The second-order valence-corrected chi connectivity index (χ2v) is 5.27. The summed E-state index contributed by atoms with van der Waals surface area (Å²) in [6, 6.07) is 5.05. The third kappa shape index (κ3) is 3.85. The maximum absolute atomic E-state index is 12.2. The third-order valence-corrected chi connectivity index (χ3v) is 3.56. The highest BCUT2D eigenvalue weighted by Crippen LogP contribution is 2.21. The lowest BCUT2D eigenvalue weighted by Crippen LogP contribution is -2.38. The number of nitrogens with zero attached hydrogens (tertiary/aromatic N) is 1. The van der Waals surface area contributed by atoms with Crippen LogP contribution in [0.5, 0.6) is 0 Å². The van der Waals surface area contributed by atoms with E-state index < -0.39 is 0 Å². The molecule has 1 saturated heterocycles. The maximum Gasteiger partial charge on any atom is 0.239 e. The van der Waals surface area contributed by atoms with E-state index in [1.165, 1.54) is 0 Å². The van der Waals surface area contributed by atoms with Crippen molar-refractivity contribution in [2.75, 3.05) is 19.6 Å². The zero-order valence-electron chi connectivity index (χ0n) is 10.3. The Kier molecular flexibility index (Phi) is 4.66. The van der Waals surface area contributed by atoms with Crippen molar-refractivity contribution in [2.24, 2.45) is 0 Å². The number of carbonyl (C=O) groups is 2. The van der Waals surface area contributed by atoms with Crippen LogP contribution in [0.15, 0.2) is 18.2 Å². The van der Waals surface area contributed by atoms with Gasteiger partial charge < -0.3 is 10.2 Å².